The number of hydrogen-bond acceptors (Lipinski definition) is 3. The lowest BCUT2D eigenvalue weighted by atomic mass is 9.89. The van der Waals surface area contributed by atoms with Crippen LogP contribution in [0.3, 0.4) is 0 Å². The van der Waals surface area contributed by atoms with Crippen molar-refractivity contribution < 1.29 is 14.0 Å². The van der Waals surface area contributed by atoms with Crippen LogP contribution in [0.5, 0.6) is 0 Å². The first-order valence-electron chi connectivity index (χ1n) is 10.3. The summed E-state index contributed by atoms with van der Waals surface area (Å²) < 4.78 is 13.0. The number of benzene rings is 2. The Morgan fingerprint density at radius 1 is 1.10 bits per heavy atom. The Hall–Kier alpha value is -2.53. The second kappa shape index (κ2) is 9.79. The number of nitrogens with zero attached hydrogens (tertiary/aromatic N) is 1. The van der Waals surface area contributed by atoms with E-state index in [-0.39, 0.29) is 23.4 Å². The molecule has 1 aliphatic heterocycles. The molecule has 0 atom stereocenters. The van der Waals surface area contributed by atoms with Gasteiger partial charge in [0.05, 0.1) is 0 Å². The van der Waals surface area contributed by atoms with Crippen LogP contribution in [-0.4, -0.2) is 36.2 Å². The van der Waals surface area contributed by atoms with Crippen molar-refractivity contribution in [3.05, 3.63) is 65.5 Å². The maximum Gasteiger partial charge on any atom is 0.226 e. The number of halogens is 1. The predicted molar refractivity (Wildman–Crippen MR) is 114 cm³/mol. The summed E-state index contributed by atoms with van der Waals surface area (Å²) in [5.74, 6) is 0.189. The Morgan fingerprint density at radius 2 is 1.79 bits per heavy atom. The second-order valence-corrected chi connectivity index (χ2v) is 8.07. The van der Waals surface area contributed by atoms with Crippen LogP contribution in [0.15, 0.2) is 48.5 Å². The highest BCUT2D eigenvalue weighted by molar-refractivity contribution is 5.96. The summed E-state index contributed by atoms with van der Waals surface area (Å²) in [6.07, 6.45) is 2.52. The first kappa shape index (κ1) is 21.2. The van der Waals surface area contributed by atoms with Crippen molar-refractivity contribution in [2.45, 2.75) is 39.0 Å². The predicted octanol–water partition coefficient (Wildman–Crippen LogP) is 4.87. The molecule has 0 bridgehead atoms. The zero-order chi connectivity index (χ0) is 20.8. The van der Waals surface area contributed by atoms with Crippen LogP contribution in [0, 0.1) is 11.7 Å². The van der Waals surface area contributed by atoms with Gasteiger partial charge in [-0.05, 0) is 73.8 Å². The standard InChI is InChI=1S/C24H29FN2O2/c1-17(2)24(29)26-22-5-3-4-20(16-22)18-10-13-27(14-11-18)15-12-23(28)19-6-8-21(25)9-7-19/h3-9,16-18H,10-15H2,1-2H3,(H,26,29). The van der Waals surface area contributed by atoms with Crippen molar-refractivity contribution in [3.63, 3.8) is 0 Å². The Labute approximate surface area is 172 Å². The van der Waals surface area contributed by atoms with Crippen LogP contribution in [0.1, 0.15) is 54.9 Å². The topological polar surface area (TPSA) is 49.4 Å². The fourth-order valence-electron chi connectivity index (χ4n) is 3.69. The van der Waals surface area contributed by atoms with Crippen LogP contribution in [-0.2, 0) is 4.79 Å². The maximum absolute atomic E-state index is 13.0. The van der Waals surface area contributed by atoms with Crippen LogP contribution in [0.4, 0.5) is 10.1 Å². The molecule has 5 heteroatoms. The highest BCUT2D eigenvalue weighted by Crippen LogP contribution is 2.29. The fraction of sp³-hybridized carbons (Fsp3) is 0.417. The van der Waals surface area contributed by atoms with E-state index in [2.05, 4.69) is 22.3 Å². The van der Waals surface area contributed by atoms with Gasteiger partial charge in [-0.3, -0.25) is 9.59 Å². The Balaban J connectivity index is 1.48. The molecular formula is C24H29FN2O2. The minimum absolute atomic E-state index is 0.0304. The average Bonchev–Trinajstić information content (AvgIpc) is 2.73. The van der Waals surface area contributed by atoms with Gasteiger partial charge in [-0.15, -0.1) is 0 Å². The van der Waals surface area contributed by atoms with E-state index < -0.39 is 0 Å². The van der Waals surface area contributed by atoms with Crippen LogP contribution >= 0.6 is 0 Å². The number of nitrogens with one attached hydrogen (secondary N) is 1. The third-order valence-corrected chi connectivity index (χ3v) is 5.56. The van der Waals surface area contributed by atoms with Gasteiger partial charge in [-0.2, -0.15) is 0 Å². The number of hydrogen-bond donors (Lipinski definition) is 1. The van der Waals surface area contributed by atoms with Gasteiger partial charge in [0.25, 0.3) is 0 Å². The molecule has 29 heavy (non-hydrogen) atoms. The molecule has 1 N–H and O–H groups in total. The molecule has 2 aromatic rings. The van der Waals surface area contributed by atoms with Gasteiger partial charge in [0.1, 0.15) is 5.82 Å². The minimum Gasteiger partial charge on any atom is -0.326 e. The number of rotatable bonds is 7. The quantitative estimate of drug-likeness (QED) is 0.679. The van der Waals surface area contributed by atoms with E-state index in [4.69, 9.17) is 0 Å². The van der Waals surface area contributed by atoms with E-state index in [1.54, 1.807) is 12.1 Å². The number of likely N-dealkylation sites (tertiary alicyclic amines) is 1. The number of Topliss-reactive ketones (excluding diaryl/α,β-unsaturated/α-hetero) is 1. The molecule has 0 saturated carbocycles. The molecule has 1 aliphatic rings. The van der Waals surface area contributed by atoms with Crippen molar-refractivity contribution in [2.24, 2.45) is 5.92 Å². The molecule has 4 nitrogen and oxygen atoms in total. The molecule has 0 unspecified atom stereocenters. The van der Waals surface area contributed by atoms with E-state index in [1.165, 1.54) is 17.7 Å². The Morgan fingerprint density at radius 3 is 2.45 bits per heavy atom. The molecule has 1 amide bonds. The third kappa shape index (κ3) is 5.97. The van der Waals surface area contributed by atoms with Crippen molar-refractivity contribution in [2.75, 3.05) is 25.0 Å². The third-order valence-electron chi connectivity index (χ3n) is 5.56. The van der Waals surface area contributed by atoms with Crippen molar-refractivity contribution in [1.82, 2.24) is 4.90 Å². The zero-order valence-electron chi connectivity index (χ0n) is 17.2. The fourth-order valence-corrected chi connectivity index (χ4v) is 3.69. The summed E-state index contributed by atoms with van der Waals surface area (Å²) in [6, 6.07) is 13.9. The van der Waals surface area contributed by atoms with E-state index >= 15 is 0 Å². The van der Waals surface area contributed by atoms with Gasteiger partial charge in [-0.1, -0.05) is 26.0 Å². The molecular weight excluding hydrogens is 367 g/mol. The summed E-state index contributed by atoms with van der Waals surface area (Å²) in [5, 5.41) is 2.97. The summed E-state index contributed by atoms with van der Waals surface area (Å²) >= 11 is 0. The minimum atomic E-state index is -0.323. The van der Waals surface area contributed by atoms with Crippen molar-refractivity contribution in [1.29, 1.82) is 0 Å². The maximum atomic E-state index is 13.0. The SMILES string of the molecule is CC(C)C(=O)Nc1cccc(C2CCN(CCC(=O)c3ccc(F)cc3)CC2)c1. The first-order chi connectivity index (χ1) is 13.9. The van der Waals surface area contributed by atoms with Gasteiger partial charge in [0.2, 0.25) is 5.91 Å². The molecule has 0 aliphatic carbocycles. The number of piperidine rings is 1. The molecule has 154 valence electrons. The first-order valence-corrected chi connectivity index (χ1v) is 10.3. The second-order valence-electron chi connectivity index (χ2n) is 8.07. The van der Waals surface area contributed by atoms with E-state index in [1.807, 2.05) is 26.0 Å². The van der Waals surface area contributed by atoms with E-state index in [0.29, 0.717) is 17.9 Å². The molecule has 3 rings (SSSR count). The molecule has 0 radical (unpaired) electrons. The number of amides is 1. The zero-order valence-corrected chi connectivity index (χ0v) is 17.2. The average molecular weight is 397 g/mol. The van der Waals surface area contributed by atoms with Crippen molar-refractivity contribution in [3.8, 4) is 0 Å². The lowest BCUT2D eigenvalue weighted by Gasteiger charge is -2.32. The largest absolute Gasteiger partial charge is 0.326 e. The lowest BCUT2D eigenvalue weighted by Crippen LogP contribution is -2.34. The summed E-state index contributed by atoms with van der Waals surface area (Å²) in [4.78, 5) is 26.5. The van der Waals surface area contributed by atoms with Crippen LogP contribution in [0.25, 0.3) is 0 Å². The molecule has 1 heterocycles. The molecule has 0 aromatic heterocycles. The molecule has 0 spiro atoms. The van der Waals surface area contributed by atoms with E-state index in [9.17, 15) is 14.0 Å². The smallest absolute Gasteiger partial charge is 0.226 e. The monoisotopic (exact) mass is 396 g/mol. The molecule has 2 aromatic carbocycles. The summed E-state index contributed by atoms with van der Waals surface area (Å²) in [7, 11) is 0. The van der Waals surface area contributed by atoms with Gasteiger partial charge in [0, 0.05) is 30.1 Å². The van der Waals surface area contributed by atoms with Crippen LogP contribution in [0.2, 0.25) is 0 Å². The highest BCUT2D eigenvalue weighted by Gasteiger charge is 2.21. The number of carbonyl (C=O) groups is 2. The Kier molecular flexibility index (Phi) is 7.15. The number of anilines is 1. The lowest BCUT2D eigenvalue weighted by molar-refractivity contribution is -0.118. The van der Waals surface area contributed by atoms with Crippen LogP contribution < -0.4 is 5.32 Å². The Bertz CT molecular complexity index is 840. The number of ketones is 1. The molecule has 1 saturated heterocycles. The van der Waals surface area contributed by atoms with Crippen molar-refractivity contribution >= 4 is 17.4 Å². The normalized spacial score (nSPS) is 15.4. The van der Waals surface area contributed by atoms with Gasteiger partial charge in [-0.25, -0.2) is 4.39 Å². The summed E-state index contributed by atoms with van der Waals surface area (Å²) in [6.45, 7) is 6.40. The number of carbonyl (C=O) groups excluding carboxylic acids is 2. The summed E-state index contributed by atoms with van der Waals surface area (Å²) in [5.41, 5.74) is 2.68. The van der Waals surface area contributed by atoms with Gasteiger partial charge < -0.3 is 10.2 Å². The van der Waals surface area contributed by atoms with Gasteiger partial charge >= 0.3 is 0 Å². The highest BCUT2D eigenvalue weighted by atomic mass is 19.1. The molecule has 1 fully saturated rings. The van der Waals surface area contributed by atoms with E-state index in [0.717, 1.165) is 38.2 Å². The van der Waals surface area contributed by atoms with Gasteiger partial charge in [0.15, 0.2) is 5.78 Å².